The van der Waals surface area contributed by atoms with Crippen molar-refractivity contribution in [2.24, 2.45) is 5.41 Å². The first-order chi connectivity index (χ1) is 12.4. The fraction of sp³-hybridized carbons (Fsp3) is 0.381. The molecule has 0 bridgehead atoms. The smallest absolute Gasteiger partial charge is 0.258 e. The Bertz CT molecular complexity index is 742. The van der Waals surface area contributed by atoms with E-state index < -0.39 is 11.5 Å². The van der Waals surface area contributed by atoms with Crippen molar-refractivity contribution in [2.45, 2.75) is 32.6 Å². The number of anilines is 1. The molecule has 0 aliphatic carbocycles. The summed E-state index contributed by atoms with van der Waals surface area (Å²) in [6, 6.07) is 16.9. The van der Waals surface area contributed by atoms with Crippen molar-refractivity contribution in [3.05, 3.63) is 60.2 Å². The zero-order chi connectivity index (χ0) is 18.7. The molecule has 1 amide bonds. The number of β-lactam (4-membered cyclic amide) rings is 1. The molecule has 2 aromatic rings. The third-order valence-electron chi connectivity index (χ3n) is 4.80. The highest BCUT2D eigenvalue weighted by Crippen LogP contribution is 2.39. The summed E-state index contributed by atoms with van der Waals surface area (Å²) in [6.07, 6.45) is -1.01. The molecule has 2 atom stereocenters. The van der Waals surface area contributed by atoms with Gasteiger partial charge in [0.2, 0.25) is 0 Å². The van der Waals surface area contributed by atoms with Gasteiger partial charge in [-0.3, -0.25) is 4.79 Å². The second-order valence-electron chi connectivity index (χ2n) is 7.26. The second kappa shape index (κ2) is 7.48. The van der Waals surface area contributed by atoms with E-state index in [0.29, 0.717) is 13.2 Å². The molecule has 2 aromatic carbocycles. The third-order valence-corrected chi connectivity index (χ3v) is 4.80. The Hall–Kier alpha value is -2.37. The highest BCUT2D eigenvalue weighted by Gasteiger charge is 2.54. The van der Waals surface area contributed by atoms with Crippen molar-refractivity contribution < 1.29 is 19.4 Å². The lowest BCUT2D eigenvalue weighted by atomic mass is 9.75. The minimum Gasteiger partial charge on any atom is -0.497 e. The zero-order valence-electron chi connectivity index (χ0n) is 15.4. The van der Waals surface area contributed by atoms with Crippen LogP contribution >= 0.6 is 0 Å². The first-order valence-corrected chi connectivity index (χ1v) is 8.71. The maximum absolute atomic E-state index is 12.3. The third kappa shape index (κ3) is 3.59. The van der Waals surface area contributed by atoms with E-state index in [2.05, 4.69) is 0 Å². The average Bonchev–Trinajstić information content (AvgIpc) is 2.66. The maximum Gasteiger partial charge on any atom is 0.258 e. The van der Waals surface area contributed by atoms with Crippen LogP contribution in [0.25, 0.3) is 0 Å². The molecule has 1 fully saturated rings. The number of aliphatic hydroxyl groups excluding tert-OH is 1. The lowest BCUT2D eigenvalue weighted by Crippen LogP contribution is -2.71. The number of hydrogen-bond donors (Lipinski definition) is 1. The highest BCUT2D eigenvalue weighted by atomic mass is 16.5. The van der Waals surface area contributed by atoms with Gasteiger partial charge >= 0.3 is 0 Å². The number of carbonyl (C=O) groups is 1. The van der Waals surface area contributed by atoms with Gasteiger partial charge in [0.1, 0.15) is 5.75 Å². The van der Waals surface area contributed by atoms with Crippen molar-refractivity contribution in [1.29, 1.82) is 0 Å². The highest BCUT2D eigenvalue weighted by molar-refractivity contribution is 6.04. The van der Waals surface area contributed by atoms with Crippen LogP contribution in [0.5, 0.6) is 5.75 Å². The van der Waals surface area contributed by atoms with Crippen LogP contribution < -0.4 is 9.64 Å². The van der Waals surface area contributed by atoms with Gasteiger partial charge in [-0.25, -0.2) is 0 Å². The minimum atomic E-state index is -1.01. The number of methoxy groups -OCH3 is 1. The van der Waals surface area contributed by atoms with Gasteiger partial charge in [0.25, 0.3) is 5.91 Å². The largest absolute Gasteiger partial charge is 0.497 e. The standard InChI is InChI=1S/C21H25NO4/c1-21(2,14-26-13-15-7-5-4-6-8-15)19-18(23)20(24)22(19)16-9-11-17(25-3)12-10-16/h4-12,18-19,23H,13-14H2,1-3H3/t18-,19-/m0/s1. The number of nitrogens with zero attached hydrogens (tertiary/aromatic N) is 1. The van der Waals surface area contributed by atoms with Crippen molar-refractivity contribution >= 4 is 11.6 Å². The molecule has 1 aliphatic rings. The molecule has 0 spiro atoms. The van der Waals surface area contributed by atoms with Crippen LogP contribution in [0.1, 0.15) is 19.4 Å². The molecule has 1 N–H and O–H groups in total. The fourth-order valence-electron chi connectivity index (χ4n) is 3.37. The molecule has 1 saturated heterocycles. The number of benzene rings is 2. The maximum atomic E-state index is 12.3. The quantitative estimate of drug-likeness (QED) is 0.776. The molecule has 5 nitrogen and oxygen atoms in total. The van der Waals surface area contributed by atoms with Gasteiger partial charge in [0.05, 0.1) is 26.4 Å². The first-order valence-electron chi connectivity index (χ1n) is 8.71. The first kappa shape index (κ1) is 18.4. The van der Waals surface area contributed by atoms with Crippen LogP contribution in [0.4, 0.5) is 5.69 Å². The van der Waals surface area contributed by atoms with E-state index in [1.165, 1.54) is 0 Å². The molecule has 0 aromatic heterocycles. The number of carbonyl (C=O) groups excluding carboxylic acids is 1. The van der Waals surface area contributed by atoms with Gasteiger partial charge in [-0.2, -0.15) is 0 Å². The normalized spacial score (nSPS) is 20.0. The SMILES string of the molecule is COc1ccc(N2C(=O)[C@@H](O)[C@H]2C(C)(C)COCc2ccccc2)cc1. The predicted molar refractivity (Wildman–Crippen MR) is 100 cm³/mol. The summed E-state index contributed by atoms with van der Waals surface area (Å²) in [7, 11) is 1.60. The molecular formula is C21H25NO4. The van der Waals surface area contributed by atoms with Gasteiger partial charge in [0.15, 0.2) is 6.10 Å². The molecule has 26 heavy (non-hydrogen) atoms. The summed E-state index contributed by atoms with van der Waals surface area (Å²) in [5.74, 6) is 0.445. The monoisotopic (exact) mass is 355 g/mol. The molecule has 0 saturated carbocycles. The molecule has 1 aliphatic heterocycles. The molecule has 138 valence electrons. The van der Waals surface area contributed by atoms with Crippen LogP contribution in [0.2, 0.25) is 0 Å². The Balaban J connectivity index is 1.68. The lowest BCUT2D eigenvalue weighted by molar-refractivity contribution is -0.143. The number of hydrogen-bond acceptors (Lipinski definition) is 4. The van der Waals surface area contributed by atoms with E-state index in [4.69, 9.17) is 9.47 Å². The van der Waals surface area contributed by atoms with Crippen molar-refractivity contribution in [2.75, 3.05) is 18.6 Å². The van der Waals surface area contributed by atoms with E-state index in [0.717, 1.165) is 17.0 Å². The van der Waals surface area contributed by atoms with Gasteiger partial charge in [0, 0.05) is 11.1 Å². The summed E-state index contributed by atoms with van der Waals surface area (Å²) in [6.45, 7) is 4.96. The second-order valence-corrected chi connectivity index (χ2v) is 7.26. The van der Waals surface area contributed by atoms with E-state index >= 15 is 0 Å². The van der Waals surface area contributed by atoms with Crippen LogP contribution in [0, 0.1) is 5.41 Å². The van der Waals surface area contributed by atoms with Crippen LogP contribution in [-0.2, 0) is 16.1 Å². The predicted octanol–water partition coefficient (Wildman–Crippen LogP) is 3.01. The van der Waals surface area contributed by atoms with Gasteiger partial charge in [-0.05, 0) is 29.8 Å². The van der Waals surface area contributed by atoms with Gasteiger partial charge in [-0.15, -0.1) is 0 Å². The lowest BCUT2D eigenvalue weighted by Gasteiger charge is -2.51. The van der Waals surface area contributed by atoms with Crippen LogP contribution in [0.3, 0.4) is 0 Å². The molecular weight excluding hydrogens is 330 g/mol. The van der Waals surface area contributed by atoms with E-state index in [9.17, 15) is 9.90 Å². The summed E-state index contributed by atoms with van der Waals surface area (Å²) in [5, 5.41) is 10.3. The summed E-state index contributed by atoms with van der Waals surface area (Å²) in [4.78, 5) is 13.9. The van der Waals surface area contributed by atoms with Crippen molar-refractivity contribution in [1.82, 2.24) is 0 Å². The fourth-order valence-corrected chi connectivity index (χ4v) is 3.37. The van der Waals surface area contributed by atoms with Crippen molar-refractivity contribution in [3.63, 3.8) is 0 Å². The summed E-state index contributed by atoms with van der Waals surface area (Å²) >= 11 is 0. The van der Waals surface area contributed by atoms with Gasteiger partial charge < -0.3 is 19.5 Å². The van der Waals surface area contributed by atoms with E-state index in [-0.39, 0.29) is 11.9 Å². The molecule has 3 rings (SSSR count). The molecule has 1 heterocycles. The van der Waals surface area contributed by atoms with Crippen LogP contribution in [0.15, 0.2) is 54.6 Å². The number of rotatable bonds is 7. The Kier molecular flexibility index (Phi) is 5.30. The molecule has 0 unspecified atom stereocenters. The van der Waals surface area contributed by atoms with Gasteiger partial charge in [-0.1, -0.05) is 44.2 Å². The summed E-state index contributed by atoms with van der Waals surface area (Å²) in [5.41, 5.74) is 1.45. The molecule has 0 radical (unpaired) electrons. The number of aliphatic hydroxyl groups is 1. The topological polar surface area (TPSA) is 59.0 Å². The Morgan fingerprint density at radius 2 is 1.73 bits per heavy atom. The van der Waals surface area contributed by atoms with E-state index in [1.807, 2.05) is 68.4 Å². The van der Waals surface area contributed by atoms with Crippen LogP contribution in [-0.4, -0.2) is 36.9 Å². The Morgan fingerprint density at radius 3 is 2.35 bits per heavy atom. The Morgan fingerprint density at radius 1 is 1.08 bits per heavy atom. The minimum absolute atomic E-state index is 0.281. The Labute approximate surface area is 154 Å². The number of ether oxygens (including phenoxy) is 2. The molecule has 5 heteroatoms. The van der Waals surface area contributed by atoms with Crippen molar-refractivity contribution in [3.8, 4) is 5.75 Å². The summed E-state index contributed by atoms with van der Waals surface area (Å²) < 4.78 is 11.0. The zero-order valence-corrected chi connectivity index (χ0v) is 15.4. The average molecular weight is 355 g/mol. The van der Waals surface area contributed by atoms with E-state index in [1.54, 1.807) is 12.0 Å². The number of amides is 1.